The molecule has 120 valence electrons. The number of para-hydroxylation sites is 1. The van der Waals surface area contributed by atoms with Crippen molar-refractivity contribution in [3.8, 4) is 0 Å². The molecule has 3 nitrogen and oxygen atoms in total. The van der Waals surface area contributed by atoms with Crippen molar-refractivity contribution in [2.24, 2.45) is 0 Å². The first-order valence-electron chi connectivity index (χ1n) is 7.83. The Hall–Kier alpha value is -1.84. The van der Waals surface area contributed by atoms with E-state index in [1.54, 1.807) is 0 Å². The van der Waals surface area contributed by atoms with Gasteiger partial charge in [-0.2, -0.15) is 0 Å². The van der Waals surface area contributed by atoms with E-state index in [1.807, 2.05) is 54.3 Å². The topological polar surface area (TPSA) is 29.5 Å². The molecule has 4 heteroatoms. The molecule has 23 heavy (non-hydrogen) atoms. The van der Waals surface area contributed by atoms with Gasteiger partial charge in [-0.05, 0) is 49.6 Å². The fourth-order valence-corrected chi connectivity index (χ4v) is 3.10. The summed E-state index contributed by atoms with van der Waals surface area (Å²) in [6.45, 7) is 4.28. The van der Waals surface area contributed by atoms with E-state index < -0.39 is 6.10 Å². The molecular weight excluding hydrogens is 310 g/mol. The van der Waals surface area contributed by atoms with Gasteiger partial charge in [0.1, 0.15) is 6.10 Å². The quantitative estimate of drug-likeness (QED) is 0.840. The minimum Gasteiger partial charge on any atom is -0.364 e. The molecule has 0 N–H and O–H groups in total. The number of fused-ring (bicyclic) bond motifs is 1. The summed E-state index contributed by atoms with van der Waals surface area (Å²) in [6.07, 6.45) is 0.408. The number of anilines is 1. The number of benzene rings is 2. The van der Waals surface area contributed by atoms with Gasteiger partial charge in [0, 0.05) is 16.8 Å². The molecule has 2 unspecified atom stereocenters. The maximum absolute atomic E-state index is 12.8. The van der Waals surface area contributed by atoms with E-state index in [9.17, 15) is 4.79 Å². The Labute approximate surface area is 141 Å². The van der Waals surface area contributed by atoms with E-state index in [4.69, 9.17) is 16.3 Å². The van der Waals surface area contributed by atoms with Crippen molar-refractivity contribution in [1.82, 2.24) is 0 Å². The maximum atomic E-state index is 12.8. The molecule has 0 fully saturated rings. The standard InChI is InChI=1S/C19H20ClNO2/c1-13-11-16-5-3-4-6-18(16)21(13)19(22)14(2)23-12-15-7-9-17(20)10-8-15/h3-10,13-14H,11-12H2,1-2H3. The van der Waals surface area contributed by atoms with Crippen LogP contribution in [0.25, 0.3) is 0 Å². The molecule has 0 spiro atoms. The van der Waals surface area contributed by atoms with Crippen molar-refractivity contribution in [3.05, 3.63) is 64.7 Å². The number of ether oxygens (including phenoxy) is 1. The zero-order valence-electron chi connectivity index (χ0n) is 13.3. The number of hydrogen-bond acceptors (Lipinski definition) is 2. The van der Waals surface area contributed by atoms with Crippen LogP contribution in [0.4, 0.5) is 5.69 Å². The van der Waals surface area contributed by atoms with Crippen LogP contribution < -0.4 is 4.90 Å². The van der Waals surface area contributed by atoms with E-state index in [-0.39, 0.29) is 11.9 Å². The Morgan fingerprint density at radius 3 is 2.70 bits per heavy atom. The summed E-state index contributed by atoms with van der Waals surface area (Å²) in [5.74, 6) is 0.0106. The SMILES string of the molecule is CC(OCc1ccc(Cl)cc1)C(=O)N1c2ccccc2CC1C. The third-order valence-electron chi connectivity index (χ3n) is 4.21. The fraction of sp³-hybridized carbons (Fsp3) is 0.316. The van der Waals surface area contributed by atoms with Crippen LogP contribution in [-0.4, -0.2) is 18.1 Å². The summed E-state index contributed by atoms with van der Waals surface area (Å²) in [4.78, 5) is 14.6. The number of carbonyl (C=O) groups is 1. The van der Waals surface area contributed by atoms with Crippen molar-refractivity contribution in [2.45, 2.75) is 39.0 Å². The van der Waals surface area contributed by atoms with Gasteiger partial charge in [-0.15, -0.1) is 0 Å². The first kappa shape index (κ1) is 16.0. The van der Waals surface area contributed by atoms with Gasteiger partial charge < -0.3 is 9.64 Å². The number of halogens is 1. The smallest absolute Gasteiger partial charge is 0.256 e. The molecule has 0 aliphatic carbocycles. The van der Waals surface area contributed by atoms with E-state index in [0.717, 1.165) is 17.7 Å². The van der Waals surface area contributed by atoms with Gasteiger partial charge in [0.05, 0.1) is 6.61 Å². The second-order valence-corrected chi connectivity index (χ2v) is 6.41. The fourth-order valence-electron chi connectivity index (χ4n) is 2.97. The summed E-state index contributed by atoms with van der Waals surface area (Å²) in [6, 6.07) is 15.7. The zero-order chi connectivity index (χ0) is 16.4. The van der Waals surface area contributed by atoms with Crippen molar-refractivity contribution in [1.29, 1.82) is 0 Å². The monoisotopic (exact) mass is 329 g/mol. The predicted molar refractivity (Wildman–Crippen MR) is 92.8 cm³/mol. The third kappa shape index (κ3) is 3.41. The summed E-state index contributed by atoms with van der Waals surface area (Å²) >= 11 is 5.87. The molecule has 1 aliphatic rings. The van der Waals surface area contributed by atoms with E-state index >= 15 is 0 Å². The Morgan fingerprint density at radius 2 is 1.96 bits per heavy atom. The highest BCUT2D eigenvalue weighted by Crippen LogP contribution is 2.32. The molecule has 0 aromatic heterocycles. The van der Waals surface area contributed by atoms with Gasteiger partial charge in [0.25, 0.3) is 5.91 Å². The van der Waals surface area contributed by atoms with Gasteiger partial charge in [0.15, 0.2) is 0 Å². The zero-order valence-corrected chi connectivity index (χ0v) is 14.1. The van der Waals surface area contributed by atoms with Crippen molar-refractivity contribution >= 4 is 23.2 Å². The molecule has 0 saturated heterocycles. The van der Waals surface area contributed by atoms with Gasteiger partial charge in [0.2, 0.25) is 0 Å². The lowest BCUT2D eigenvalue weighted by molar-refractivity contribution is -0.130. The second kappa shape index (κ2) is 6.73. The van der Waals surface area contributed by atoms with Crippen LogP contribution in [0, 0.1) is 0 Å². The Kier molecular flexibility index (Phi) is 4.69. The number of amides is 1. The van der Waals surface area contributed by atoms with Crippen LogP contribution in [0.5, 0.6) is 0 Å². The molecule has 2 aromatic rings. The maximum Gasteiger partial charge on any atom is 0.256 e. The summed E-state index contributed by atoms with van der Waals surface area (Å²) in [5, 5.41) is 0.695. The minimum atomic E-state index is -0.487. The van der Waals surface area contributed by atoms with Gasteiger partial charge >= 0.3 is 0 Å². The van der Waals surface area contributed by atoms with Crippen molar-refractivity contribution < 1.29 is 9.53 Å². The molecule has 1 aliphatic heterocycles. The van der Waals surface area contributed by atoms with Crippen LogP contribution in [0.15, 0.2) is 48.5 Å². The first-order valence-corrected chi connectivity index (χ1v) is 8.21. The van der Waals surface area contributed by atoms with Gasteiger partial charge in [-0.25, -0.2) is 0 Å². The normalized spacial score (nSPS) is 17.9. The molecule has 2 aromatic carbocycles. The van der Waals surface area contributed by atoms with Gasteiger partial charge in [-0.3, -0.25) is 4.79 Å². The highest BCUT2D eigenvalue weighted by molar-refractivity contribution is 6.30. The van der Waals surface area contributed by atoms with Crippen LogP contribution in [-0.2, 0) is 22.6 Å². The van der Waals surface area contributed by atoms with E-state index in [0.29, 0.717) is 11.6 Å². The molecule has 1 heterocycles. The molecule has 2 atom stereocenters. The summed E-state index contributed by atoms with van der Waals surface area (Å²) < 4.78 is 5.77. The number of carbonyl (C=O) groups excluding carboxylic acids is 1. The minimum absolute atomic E-state index is 0.0106. The lowest BCUT2D eigenvalue weighted by Crippen LogP contribution is -2.42. The van der Waals surface area contributed by atoms with Gasteiger partial charge in [-0.1, -0.05) is 41.9 Å². The Morgan fingerprint density at radius 1 is 1.26 bits per heavy atom. The average Bonchev–Trinajstić information content (AvgIpc) is 2.89. The van der Waals surface area contributed by atoms with Crippen LogP contribution in [0.2, 0.25) is 5.02 Å². The molecular formula is C19H20ClNO2. The van der Waals surface area contributed by atoms with Crippen molar-refractivity contribution in [2.75, 3.05) is 4.90 Å². The highest BCUT2D eigenvalue weighted by Gasteiger charge is 2.33. The highest BCUT2D eigenvalue weighted by atomic mass is 35.5. The first-order chi connectivity index (χ1) is 11.1. The van der Waals surface area contributed by atoms with E-state index in [2.05, 4.69) is 13.0 Å². The molecule has 0 saturated carbocycles. The number of nitrogens with zero attached hydrogens (tertiary/aromatic N) is 1. The lowest BCUT2D eigenvalue weighted by atomic mass is 10.1. The lowest BCUT2D eigenvalue weighted by Gasteiger charge is -2.26. The van der Waals surface area contributed by atoms with Crippen LogP contribution in [0.3, 0.4) is 0 Å². The molecule has 3 rings (SSSR count). The molecule has 0 radical (unpaired) electrons. The van der Waals surface area contributed by atoms with Crippen molar-refractivity contribution in [3.63, 3.8) is 0 Å². The van der Waals surface area contributed by atoms with Crippen LogP contribution >= 0.6 is 11.6 Å². The Bertz CT molecular complexity index is 699. The summed E-state index contributed by atoms with van der Waals surface area (Å²) in [5.41, 5.74) is 3.23. The number of rotatable bonds is 4. The third-order valence-corrected chi connectivity index (χ3v) is 4.46. The second-order valence-electron chi connectivity index (χ2n) is 5.97. The number of hydrogen-bond donors (Lipinski definition) is 0. The molecule has 0 bridgehead atoms. The molecule has 1 amide bonds. The predicted octanol–water partition coefficient (Wildman–Crippen LogP) is 4.22. The van der Waals surface area contributed by atoms with E-state index in [1.165, 1.54) is 5.56 Å². The Balaban J connectivity index is 1.67. The van der Waals surface area contributed by atoms with Crippen LogP contribution in [0.1, 0.15) is 25.0 Å². The summed E-state index contributed by atoms with van der Waals surface area (Å²) in [7, 11) is 0. The largest absolute Gasteiger partial charge is 0.364 e. The average molecular weight is 330 g/mol.